The molecule has 0 aromatic heterocycles. The van der Waals surface area contributed by atoms with E-state index >= 15 is 0 Å². The molecule has 0 saturated carbocycles. The first-order valence-electron chi connectivity index (χ1n) is 4.12. The Morgan fingerprint density at radius 3 is 2.58 bits per heavy atom. The Labute approximate surface area is 72.1 Å². The lowest BCUT2D eigenvalue weighted by atomic mass is 10.0. The predicted octanol–water partition coefficient (Wildman–Crippen LogP) is 0.454. The highest BCUT2D eigenvalue weighted by atomic mass is 16.6. The molecule has 1 rings (SSSR count). The van der Waals surface area contributed by atoms with Gasteiger partial charge in [0.25, 0.3) is 0 Å². The number of hydrogen-bond donors (Lipinski definition) is 1. The second-order valence-corrected chi connectivity index (χ2v) is 3.45. The van der Waals surface area contributed by atoms with Crippen LogP contribution < -0.4 is 0 Å². The van der Waals surface area contributed by atoms with E-state index in [2.05, 4.69) is 0 Å². The number of carbonyl (C=O) groups excluding carboxylic acids is 1. The Balaban J connectivity index is 2.71. The molecule has 70 valence electrons. The van der Waals surface area contributed by atoms with Gasteiger partial charge in [-0.2, -0.15) is 0 Å². The van der Waals surface area contributed by atoms with E-state index in [0.29, 0.717) is 0 Å². The van der Waals surface area contributed by atoms with Crippen molar-refractivity contribution in [1.82, 2.24) is 4.90 Å². The molecule has 12 heavy (non-hydrogen) atoms. The molecular formula is C8H15NO3. The topological polar surface area (TPSA) is 49.8 Å². The smallest absolute Gasteiger partial charge is 0.410 e. The van der Waals surface area contributed by atoms with Crippen LogP contribution in [-0.2, 0) is 4.74 Å². The van der Waals surface area contributed by atoms with Gasteiger partial charge in [0.1, 0.15) is 6.10 Å². The Hall–Kier alpha value is -0.770. The zero-order valence-electron chi connectivity index (χ0n) is 7.65. The summed E-state index contributed by atoms with van der Waals surface area (Å²) in [5, 5.41) is 9.00. The number of hydrogen-bond acceptors (Lipinski definition) is 3. The lowest BCUT2D eigenvalue weighted by Crippen LogP contribution is -2.38. The van der Waals surface area contributed by atoms with Crippen LogP contribution in [0.2, 0.25) is 0 Å². The van der Waals surface area contributed by atoms with Crippen LogP contribution >= 0.6 is 0 Å². The maximum atomic E-state index is 11.1. The summed E-state index contributed by atoms with van der Waals surface area (Å²) in [5.74, 6) is 0.246. The van der Waals surface area contributed by atoms with E-state index in [1.54, 1.807) is 7.05 Å². The average Bonchev–Trinajstić information content (AvgIpc) is 2.29. The van der Waals surface area contributed by atoms with E-state index < -0.39 is 0 Å². The van der Waals surface area contributed by atoms with E-state index in [1.165, 1.54) is 4.90 Å². The van der Waals surface area contributed by atoms with Gasteiger partial charge in [-0.15, -0.1) is 0 Å². The molecule has 1 fully saturated rings. The molecule has 1 saturated heterocycles. The molecule has 4 heteroatoms. The average molecular weight is 173 g/mol. The fraction of sp³-hybridized carbons (Fsp3) is 0.875. The molecule has 2 atom stereocenters. The van der Waals surface area contributed by atoms with E-state index in [0.717, 1.165) is 0 Å². The molecule has 0 radical (unpaired) electrons. The first kappa shape index (κ1) is 9.32. The van der Waals surface area contributed by atoms with Gasteiger partial charge in [0.05, 0.1) is 12.6 Å². The monoisotopic (exact) mass is 173 g/mol. The molecule has 0 aromatic rings. The Morgan fingerprint density at radius 2 is 2.25 bits per heavy atom. The molecule has 0 unspecified atom stereocenters. The minimum Gasteiger partial charge on any atom is -0.444 e. The third kappa shape index (κ3) is 1.39. The van der Waals surface area contributed by atoms with Crippen molar-refractivity contribution in [2.75, 3.05) is 13.7 Å². The molecule has 4 nitrogen and oxygen atoms in total. The van der Waals surface area contributed by atoms with E-state index in [-0.39, 0.29) is 30.8 Å². The van der Waals surface area contributed by atoms with Gasteiger partial charge in [0, 0.05) is 7.05 Å². The number of nitrogens with zero attached hydrogens (tertiary/aromatic N) is 1. The normalized spacial score (nSPS) is 29.8. The largest absolute Gasteiger partial charge is 0.444 e. The van der Waals surface area contributed by atoms with Crippen LogP contribution in [0.3, 0.4) is 0 Å². The number of aliphatic hydroxyl groups is 1. The number of aliphatic hydroxyl groups excluding tert-OH is 1. The number of ether oxygens (including phenoxy) is 1. The van der Waals surface area contributed by atoms with Gasteiger partial charge in [-0.05, 0) is 5.92 Å². The Morgan fingerprint density at radius 1 is 1.67 bits per heavy atom. The van der Waals surface area contributed by atoms with E-state index in [9.17, 15) is 4.79 Å². The van der Waals surface area contributed by atoms with Gasteiger partial charge in [-0.3, -0.25) is 0 Å². The highest BCUT2D eigenvalue weighted by Gasteiger charge is 2.40. The van der Waals surface area contributed by atoms with Crippen LogP contribution in [0, 0.1) is 5.92 Å². The number of likely N-dealkylation sites (N-methyl/N-ethyl adjacent to an activating group) is 1. The summed E-state index contributed by atoms with van der Waals surface area (Å²) in [7, 11) is 1.64. The van der Waals surface area contributed by atoms with Crippen LogP contribution in [-0.4, -0.2) is 41.9 Å². The van der Waals surface area contributed by atoms with Crippen molar-refractivity contribution in [2.24, 2.45) is 5.92 Å². The standard InChI is InChI=1S/C8H15NO3/c1-5(2)7-6(4-10)9(3)8(11)12-7/h5-7,10H,4H2,1-3H3/t6-,7-/m1/s1. The fourth-order valence-corrected chi connectivity index (χ4v) is 1.44. The van der Waals surface area contributed by atoms with Crippen molar-refractivity contribution in [3.05, 3.63) is 0 Å². The summed E-state index contributed by atoms with van der Waals surface area (Å²) in [6, 6.07) is -0.183. The van der Waals surface area contributed by atoms with Crippen molar-refractivity contribution in [3.63, 3.8) is 0 Å². The van der Waals surface area contributed by atoms with Crippen molar-refractivity contribution in [3.8, 4) is 0 Å². The third-order valence-electron chi connectivity index (χ3n) is 2.25. The predicted molar refractivity (Wildman–Crippen MR) is 43.7 cm³/mol. The quantitative estimate of drug-likeness (QED) is 0.659. The molecule has 0 aliphatic carbocycles. The number of carbonyl (C=O) groups is 1. The van der Waals surface area contributed by atoms with Gasteiger partial charge in [0.2, 0.25) is 0 Å². The number of amides is 1. The molecular weight excluding hydrogens is 158 g/mol. The molecule has 1 aliphatic rings. The van der Waals surface area contributed by atoms with Crippen LogP contribution in [0.5, 0.6) is 0 Å². The summed E-state index contributed by atoms with van der Waals surface area (Å²) in [4.78, 5) is 12.5. The van der Waals surface area contributed by atoms with E-state index in [4.69, 9.17) is 9.84 Å². The SMILES string of the molecule is CC(C)[C@H]1OC(=O)N(C)[C@@H]1CO. The number of rotatable bonds is 2. The summed E-state index contributed by atoms with van der Waals surface area (Å²) < 4.78 is 5.07. The van der Waals surface area contributed by atoms with Crippen molar-refractivity contribution in [1.29, 1.82) is 0 Å². The van der Waals surface area contributed by atoms with Crippen molar-refractivity contribution < 1.29 is 14.6 Å². The highest BCUT2D eigenvalue weighted by molar-refractivity contribution is 5.70. The van der Waals surface area contributed by atoms with Crippen LogP contribution in [0.4, 0.5) is 4.79 Å². The Kier molecular flexibility index (Phi) is 2.57. The molecule has 0 spiro atoms. The zero-order chi connectivity index (χ0) is 9.30. The number of cyclic esters (lactones) is 1. The van der Waals surface area contributed by atoms with Crippen LogP contribution in [0.1, 0.15) is 13.8 Å². The molecule has 1 heterocycles. The maximum Gasteiger partial charge on any atom is 0.410 e. The summed E-state index contributed by atoms with van der Waals surface area (Å²) in [5.41, 5.74) is 0. The first-order valence-corrected chi connectivity index (χ1v) is 4.12. The van der Waals surface area contributed by atoms with Gasteiger partial charge in [0.15, 0.2) is 0 Å². The van der Waals surface area contributed by atoms with Crippen molar-refractivity contribution in [2.45, 2.75) is 26.0 Å². The summed E-state index contributed by atoms with van der Waals surface area (Å²) >= 11 is 0. The summed E-state index contributed by atoms with van der Waals surface area (Å²) in [6.07, 6.45) is -0.514. The molecule has 1 aliphatic heterocycles. The van der Waals surface area contributed by atoms with Gasteiger partial charge in [-0.25, -0.2) is 4.79 Å². The van der Waals surface area contributed by atoms with Crippen molar-refractivity contribution >= 4 is 6.09 Å². The van der Waals surface area contributed by atoms with Crippen LogP contribution in [0.15, 0.2) is 0 Å². The maximum absolute atomic E-state index is 11.1. The zero-order valence-corrected chi connectivity index (χ0v) is 7.65. The second-order valence-electron chi connectivity index (χ2n) is 3.45. The molecule has 0 bridgehead atoms. The minimum atomic E-state index is -0.340. The van der Waals surface area contributed by atoms with E-state index in [1.807, 2.05) is 13.8 Å². The van der Waals surface area contributed by atoms with Gasteiger partial charge >= 0.3 is 6.09 Å². The lowest BCUT2D eigenvalue weighted by Gasteiger charge is -2.21. The Bertz CT molecular complexity index is 181. The molecule has 0 aromatic carbocycles. The van der Waals surface area contributed by atoms with Crippen LogP contribution in [0.25, 0.3) is 0 Å². The first-order chi connectivity index (χ1) is 5.57. The third-order valence-corrected chi connectivity index (χ3v) is 2.25. The molecule has 1 N–H and O–H groups in total. The van der Waals surface area contributed by atoms with Gasteiger partial charge in [-0.1, -0.05) is 13.8 Å². The lowest BCUT2D eigenvalue weighted by molar-refractivity contribution is 0.0859. The molecule has 1 amide bonds. The van der Waals surface area contributed by atoms with Gasteiger partial charge < -0.3 is 14.7 Å². The minimum absolute atomic E-state index is 0.0366. The summed E-state index contributed by atoms with van der Waals surface area (Å²) in [6.45, 7) is 3.91. The highest BCUT2D eigenvalue weighted by Crippen LogP contribution is 2.22. The second kappa shape index (κ2) is 3.31. The fourth-order valence-electron chi connectivity index (χ4n) is 1.44.